The fourth-order valence-corrected chi connectivity index (χ4v) is 5.24. The molecule has 0 saturated heterocycles. The number of fused-ring (bicyclic) bond motifs is 2. The van der Waals surface area contributed by atoms with Gasteiger partial charge in [0.15, 0.2) is 0 Å². The Balaban J connectivity index is 2.19. The van der Waals surface area contributed by atoms with E-state index in [4.69, 9.17) is 16.3 Å². The van der Waals surface area contributed by atoms with Crippen molar-refractivity contribution < 1.29 is 13.2 Å². The molecule has 5 nitrogen and oxygen atoms in total. The molecule has 1 aliphatic heterocycles. The molecular weight excluding hydrogens is 440 g/mol. The predicted molar refractivity (Wildman–Crippen MR) is 108 cm³/mol. The van der Waals surface area contributed by atoms with Gasteiger partial charge >= 0.3 is 0 Å². The summed E-state index contributed by atoms with van der Waals surface area (Å²) in [5.74, 6) is 0. The fraction of sp³-hybridized carbons (Fsp3) is 0.333. The lowest BCUT2D eigenvalue weighted by atomic mass is 9.97. The summed E-state index contributed by atoms with van der Waals surface area (Å²) in [6.45, 7) is 1.33. The number of nitrogens with zero attached hydrogens (tertiary/aromatic N) is 1. The van der Waals surface area contributed by atoms with Crippen LogP contribution in [0, 0.1) is 0 Å². The lowest BCUT2D eigenvalue weighted by Crippen LogP contribution is -2.26. The summed E-state index contributed by atoms with van der Waals surface area (Å²) in [6.07, 6.45) is 0.821. The van der Waals surface area contributed by atoms with Gasteiger partial charge in [-0.2, -0.15) is 0 Å². The zero-order chi connectivity index (χ0) is 18.9. The molecule has 0 fully saturated rings. The third kappa shape index (κ3) is 3.64. The Morgan fingerprint density at radius 2 is 2.00 bits per heavy atom. The first-order valence-corrected chi connectivity index (χ1v) is 10.8. The van der Waals surface area contributed by atoms with Crippen molar-refractivity contribution in [3.05, 3.63) is 57.0 Å². The van der Waals surface area contributed by atoms with E-state index in [-0.39, 0.29) is 10.9 Å². The first-order chi connectivity index (χ1) is 12.4. The molecule has 140 valence electrons. The summed E-state index contributed by atoms with van der Waals surface area (Å²) in [5, 5.41) is 3.87. The summed E-state index contributed by atoms with van der Waals surface area (Å²) in [4.78, 5) is 0.226. The Bertz CT molecular complexity index is 921. The highest BCUT2D eigenvalue weighted by Crippen LogP contribution is 2.41. The summed E-state index contributed by atoms with van der Waals surface area (Å²) in [7, 11) is -0.472. The van der Waals surface area contributed by atoms with Crippen LogP contribution in [0.4, 0.5) is 5.69 Å². The zero-order valence-electron chi connectivity index (χ0n) is 14.5. The second-order valence-electron chi connectivity index (χ2n) is 6.09. The van der Waals surface area contributed by atoms with Gasteiger partial charge in [-0.25, -0.2) is 8.42 Å². The van der Waals surface area contributed by atoms with Crippen LogP contribution in [0.2, 0.25) is 5.02 Å². The van der Waals surface area contributed by atoms with E-state index >= 15 is 0 Å². The third-order valence-electron chi connectivity index (χ3n) is 4.44. The largest absolute Gasteiger partial charge is 0.385 e. The molecule has 0 radical (unpaired) electrons. The van der Waals surface area contributed by atoms with Crippen LogP contribution in [-0.4, -0.2) is 35.7 Å². The maximum Gasteiger partial charge on any atom is 0.264 e. The maximum atomic E-state index is 13.2. The molecule has 0 saturated carbocycles. The Labute approximate surface area is 167 Å². The van der Waals surface area contributed by atoms with E-state index in [1.54, 1.807) is 26.3 Å². The van der Waals surface area contributed by atoms with Crippen LogP contribution in [0.25, 0.3) is 0 Å². The average Bonchev–Trinajstić information content (AvgIpc) is 2.67. The Hall–Kier alpha value is -1.12. The van der Waals surface area contributed by atoms with Crippen LogP contribution >= 0.6 is 27.5 Å². The number of nitrogens with one attached hydrogen (secondary N) is 1. The zero-order valence-corrected chi connectivity index (χ0v) is 17.7. The van der Waals surface area contributed by atoms with Crippen molar-refractivity contribution in [3.8, 4) is 0 Å². The van der Waals surface area contributed by atoms with E-state index in [0.717, 1.165) is 16.5 Å². The van der Waals surface area contributed by atoms with Gasteiger partial charge in [-0.15, -0.1) is 0 Å². The topological polar surface area (TPSA) is 58.6 Å². The molecule has 0 aliphatic carbocycles. The van der Waals surface area contributed by atoms with Gasteiger partial charge in [-0.3, -0.25) is 4.31 Å². The van der Waals surface area contributed by atoms with E-state index < -0.39 is 10.0 Å². The number of hydrogen-bond donors (Lipinski definition) is 1. The molecule has 0 bridgehead atoms. The molecule has 0 amide bonds. The van der Waals surface area contributed by atoms with Crippen LogP contribution in [0.5, 0.6) is 0 Å². The number of rotatable bonds is 5. The molecule has 0 spiro atoms. The molecule has 0 aromatic heterocycles. The van der Waals surface area contributed by atoms with Crippen LogP contribution in [0.15, 0.2) is 45.8 Å². The molecule has 8 heteroatoms. The van der Waals surface area contributed by atoms with Gasteiger partial charge in [0.25, 0.3) is 10.0 Å². The van der Waals surface area contributed by atoms with Gasteiger partial charge in [0.1, 0.15) is 0 Å². The van der Waals surface area contributed by atoms with E-state index in [1.807, 2.05) is 18.2 Å². The van der Waals surface area contributed by atoms with Crippen LogP contribution in [0.1, 0.15) is 23.6 Å². The highest BCUT2D eigenvalue weighted by atomic mass is 79.9. The first kappa shape index (κ1) is 19.6. The molecular formula is C18H20BrClN2O3S. The number of benzene rings is 2. The van der Waals surface area contributed by atoms with Gasteiger partial charge in [-0.1, -0.05) is 33.6 Å². The number of sulfonamides is 1. The summed E-state index contributed by atoms with van der Waals surface area (Å²) in [5.41, 5.74) is 2.23. The van der Waals surface area contributed by atoms with Crippen molar-refractivity contribution in [2.75, 3.05) is 31.6 Å². The third-order valence-corrected chi connectivity index (χ3v) is 6.99. The molecule has 1 atom stereocenters. The Kier molecular flexibility index (Phi) is 5.94. The van der Waals surface area contributed by atoms with Crippen molar-refractivity contribution in [1.29, 1.82) is 0 Å². The van der Waals surface area contributed by atoms with Crippen molar-refractivity contribution >= 4 is 43.2 Å². The van der Waals surface area contributed by atoms with Gasteiger partial charge in [0.05, 0.1) is 16.6 Å². The Morgan fingerprint density at radius 3 is 2.73 bits per heavy atom. The smallest absolute Gasteiger partial charge is 0.264 e. The first-order valence-electron chi connectivity index (χ1n) is 8.16. The van der Waals surface area contributed by atoms with Gasteiger partial charge in [-0.05, 0) is 54.4 Å². The van der Waals surface area contributed by atoms with Crippen molar-refractivity contribution in [2.24, 2.45) is 0 Å². The number of anilines is 1. The summed E-state index contributed by atoms with van der Waals surface area (Å²) < 4.78 is 33.6. The molecule has 2 aromatic carbocycles. The number of ether oxygens (including phenoxy) is 1. The lowest BCUT2D eigenvalue weighted by molar-refractivity contribution is 0.193. The van der Waals surface area contributed by atoms with Gasteiger partial charge < -0.3 is 10.1 Å². The lowest BCUT2D eigenvalue weighted by Gasteiger charge is -2.22. The molecule has 1 aliphatic rings. The van der Waals surface area contributed by atoms with Crippen molar-refractivity contribution in [2.45, 2.75) is 17.4 Å². The predicted octanol–water partition coefficient (Wildman–Crippen LogP) is 3.96. The standard InChI is InChI=1S/C18H20BrClN2O3S/c1-22-16-7-4-12(19)10-15(16)18(21-8-3-9-25-2)14-6-5-13(20)11-17(14)26(22,23)24/h4-7,10-11,18,21H,3,8-9H2,1-2H3. The normalized spacial score (nSPS) is 18.2. The highest BCUT2D eigenvalue weighted by Gasteiger charge is 2.35. The van der Waals surface area contributed by atoms with E-state index in [2.05, 4.69) is 21.2 Å². The Morgan fingerprint density at radius 1 is 1.23 bits per heavy atom. The number of halogens is 2. The minimum absolute atomic E-state index is 0.226. The molecule has 1 heterocycles. The fourth-order valence-electron chi connectivity index (χ4n) is 3.14. The van der Waals surface area contributed by atoms with Crippen LogP contribution in [0.3, 0.4) is 0 Å². The van der Waals surface area contributed by atoms with Gasteiger partial charge in [0, 0.05) is 30.3 Å². The summed E-state index contributed by atoms with van der Waals surface area (Å²) in [6, 6.07) is 10.4. The highest BCUT2D eigenvalue weighted by molar-refractivity contribution is 9.10. The van der Waals surface area contributed by atoms with Gasteiger partial charge in [0.2, 0.25) is 0 Å². The van der Waals surface area contributed by atoms with Crippen molar-refractivity contribution in [1.82, 2.24) is 5.32 Å². The second kappa shape index (κ2) is 7.86. The quantitative estimate of drug-likeness (QED) is 0.688. The van der Waals surface area contributed by atoms with Crippen molar-refractivity contribution in [3.63, 3.8) is 0 Å². The number of methoxy groups -OCH3 is 1. The van der Waals surface area contributed by atoms with Crippen LogP contribution in [-0.2, 0) is 14.8 Å². The number of hydrogen-bond acceptors (Lipinski definition) is 4. The molecule has 26 heavy (non-hydrogen) atoms. The van der Waals surface area contributed by atoms with E-state index in [0.29, 0.717) is 29.4 Å². The van der Waals surface area contributed by atoms with E-state index in [1.165, 1.54) is 10.4 Å². The van der Waals surface area contributed by atoms with E-state index in [9.17, 15) is 8.42 Å². The molecule has 1 N–H and O–H groups in total. The SMILES string of the molecule is COCCCNC1c2cc(Br)ccc2N(C)S(=O)(=O)c2cc(Cl)ccc21. The minimum atomic E-state index is -3.71. The molecule has 2 aromatic rings. The second-order valence-corrected chi connectivity index (χ2v) is 9.38. The molecule has 1 unspecified atom stereocenters. The van der Waals surface area contributed by atoms with Crippen LogP contribution < -0.4 is 9.62 Å². The molecule has 3 rings (SSSR count). The summed E-state index contributed by atoms with van der Waals surface area (Å²) >= 11 is 9.61. The average molecular weight is 460 g/mol. The monoisotopic (exact) mass is 458 g/mol. The maximum absolute atomic E-state index is 13.2. The minimum Gasteiger partial charge on any atom is -0.385 e.